The molecule has 0 radical (unpaired) electrons. The molecule has 1 saturated carbocycles. The highest BCUT2D eigenvalue weighted by Crippen LogP contribution is 2.28. The molecule has 98 valence electrons. The second-order valence-corrected chi connectivity index (χ2v) is 4.96. The van der Waals surface area contributed by atoms with Crippen molar-refractivity contribution >= 4 is 17.6 Å². The molecule has 1 aromatic rings. The van der Waals surface area contributed by atoms with Crippen LogP contribution >= 0.6 is 11.6 Å². The van der Waals surface area contributed by atoms with E-state index >= 15 is 0 Å². The smallest absolute Gasteiger partial charge is 0.325 e. The summed E-state index contributed by atoms with van der Waals surface area (Å²) in [5.74, 6) is -1.69. The Bertz CT molecular complexity index is 426. The Labute approximate surface area is 110 Å². The summed E-state index contributed by atoms with van der Waals surface area (Å²) < 4.78 is 13.7. The number of carboxylic acid groups (broad SMARTS) is 1. The normalized spacial score (nSPS) is 17.9. The van der Waals surface area contributed by atoms with E-state index in [9.17, 15) is 14.3 Å². The first-order valence-corrected chi connectivity index (χ1v) is 6.40. The van der Waals surface area contributed by atoms with Gasteiger partial charge in [-0.15, -0.1) is 0 Å². The maximum atomic E-state index is 13.7. The topological polar surface area (TPSA) is 49.3 Å². The van der Waals surface area contributed by atoms with Gasteiger partial charge in [-0.2, -0.15) is 0 Å². The average molecular weight is 272 g/mol. The Hall–Kier alpha value is -1.13. The fourth-order valence-corrected chi connectivity index (χ4v) is 2.66. The molecule has 1 fully saturated rings. The third-order valence-electron chi connectivity index (χ3n) is 3.29. The number of rotatable bonds is 4. The second-order valence-electron chi connectivity index (χ2n) is 4.55. The summed E-state index contributed by atoms with van der Waals surface area (Å²) in [6.45, 7) is 0. The van der Waals surface area contributed by atoms with Crippen LogP contribution in [0.3, 0.4) is 0 Å². The molecular weight excluding hydrogens is 257 g/mol. The van der Waals surface area contributed by atoms with Gasteiger partial charge >= 0.3 is 5.97 Å². The van der Waals surface area contributed by atoms with E-state index in [4.69, 9.17) is 11.6 Å². The number of carboxylic acids is 1. The lowest BCUT2D eigenvalue weighted by Gasteiger charge is -2.21. The van der Waals surface area contributed by atoms with Gasteiger partial charge in [0.15, 0.2) is 0 Å². The van der Waals surface area contributed by atoms with Gasteiger partial charge < -0.3 is 5.11 Å². The molecule has 1 aliphatic carbocycles. The van der Waals surface area contributed by atoms with Gasteiger partial charge in [0.25, 0.3) is 0 Å². The maximum absolute atomic E-state index is 13.7. The molecule has 0 aromatic heterocycles. The van der Waals surface area contributed by atoms with Crippen molar-refractivity contribution in [1.82, 2.24) is 5.32 Å². The highest BCUT2D eigenvalue weighted by Gasteiger charge is 2.29. The highest BCUT2D eigenvalue weighted by atomic mass is 35.5. The Morgan fingerprint density at radius 2 is 2.11 bits per heavy atom. The van der Waals surface area contributed by atoms with Crippen LogP contribution in [0.4, 0.5) is 4.39 Å². The molecule has 0 amide bonds. The van der Waals surface area contributed by atoms with Crippen LogP contribution in [0.5, 0.6) is 0 Å². The van der Waals surface area contributed by atoms with E-state index in [2.05, 4.69) is 5.32 Å². The molecule has 5 heteroatoms. The van der Waals surface area contributed by atoms with Crippen molar-refractivity contribution < 1.29 is 14.3 Å². The van der Waals surface area contributed by atoms with Gasteiger partial charge in [0.1, 0.15) is 11.9 Å². The molecular formula is C13H15ClFNO2. The summed E-state index contributed by atoms with van der Waals surface area (Å²) in [6, 6.07) is 3.25. The summed E-state index contributed by atoms with van der Waals surface area (Å²) >= 11 is 5.91. The number of halogens is 2. The van der Waals surface area contributed by atoms with Gasteiger partial charge in [-0.1, -0.05) is 30.5 Å². The zero-order valence-electron chi connectivity index (χ0n) is 9.83. The first kappa shape index (κ1) is 13.3. The lowest BCUT2D eigenvalue weighted by atomic mass is 10.0. The maximum Gasteiger partial charge on any atom is 0.325 e. The summed E-state index contributed by atoms with van der Waals surface area (Å²) in [6.07, 6.45) is 4.01. The van der Waals surface area contributed by atoms with Crippen LogP contribution in [0.2, 0.25) is 5.02 Å². The largest absolute Gasteiger partial charge is 0.480 e. The van der Waals surface area contributed by atoms with Crippen molar-refractivity contribution in [1.29, 1.82) is 0 Å². The molecule has 1 atom stereocenters. The van der Waals surface area contributed by atoms with E-state index in [0.717, 1.165) is 25.7 Å². The van der Waals surface area contributed by atoms with Gasteiger partial charge in [0, 0.05) is 16.6 Å². The number of carbonyl (C=O) groups is 1. The third kappa shape index (κ3) is 2.82. The molecule has 3 nitrogen and oxygen atoms in total. The van der Waals surface area contributed by atoms with Crippen LogP contribution in [-0.2, 0) is 4.79 Å². The standard InChI is InChI=1S/C13H15ClFNO2/c14-9-6-3-7-10(15)11(9)12(13(17)18)16-8-4-1-2-5-8/h3,6-8,12,16H,1-2,4-5H2,(H,17,18). The predicted octanol–water partition coefficient (Wildman–Crippen LogP) is 3.14. The molecule has 0 aliphatic heterocycles. The minimum atomic E-state index is -1.10. The molecule has 2 N–H and O–H groups in total. The van der Waals surface area contributed by atoms with E-state index in [1.54, 1.807) is 0 Å². The molecule has 2 rings (SSSR count). The summed E-state index contributed by atoms with van der Waals surface area (Å²) in [7, 11) is 0. The van der Waals surface area contributed by atoms with Crippen LogP contribution in [0.1, 0.15) is 37.3 Å². The third-order valence-corrected chi connectivity index (χ3v) is 3.62. The van der Waals surface area contributed by atoms with E-state index in [1.165, 1.54) is 18.2 Å². The SMILES string of the molecule is O=C(O)C(NC1CCCC1)c1c(F)cccc1Cl. The van der Waals surface area contributed by atoms with Crippen LogP contribution in [-0.4, -0.2) is 17.1 Å². The number of hydrogen-bond acceptors (Lipinski definition) is 2. The molecule has 0 bridgehead atoms. The minimum Gasteiger partial charge on any atom is -0.480 e. The van der Waals surface area contributed by atoms with Crippen molar-refractivity contribution in [3.05, 3.63) is 34.6 Å². The van der Waals surface area contributed by atoms with Crippen molar-refractivity contribution in [3.8, 4) is 0 Å². The van der Waals surface area contributed by atoms with E-state index in [-0.39, 0.29) is 16.6 Å². The van der Waals surface area contributed by atoms with E-state index in [0.29, 0.717) is 0 Å². The van der Waals surface area contributed by atoms with Gasteiger partial charge in [0.2, 0.25) is 0 Å². The summed E-state index contributed by atoms with van der Waals surface area (Å²) in [4.78, 5) is 11.3. The van der Waals surface area contributed by atoms with Crippen molar-refractivity contribution in [2.75, 3.05) is 0 Å². The van der Waals surface area contributed by atoms with Gasteiger partial charge in [-0.3, -0.25) is 10.1 Å². The molecule has 0 saturated heterocycles. The lowest BCUT2D eigenvalue weighted by molar-refractivity contribution is -0.140. The summed E-state index contributed by atoms with van der Waals surface area (Å²) in [5, 5.41) is 12.4. The number of aliphatic carboxylic acids is 1. The zero-order chi connectivity index (χ0) is 13.1. The second kappa shape index (κ2) is 5.67. The molecule has 18 heavy (non-hydrogen) atoms. The lowest BCUT2D eigenvalue weighted by Crippen LogP contribution is -2.36. The number of hydrogen-bond donors (Lipinski definition) is 2. The van der Waals surface area contributed by atoms with Crippen molar-refractivity contribution in [2.24, 2.45) is 0 Å². The number of nitrogens with one attached hydrogen (secondary N) is 1. The Kier molecular flexibility index (Phi) is 4.19. The van der Waals surface area contributed by atoms with E-state index in [1.807, 2.05) is 0 Å². The Morgan fingerprint density at radius 1 is 1.44 bits per heavy atom. The van der Waals surface area contributed by atoms with Crippen LogP contribution in [0, 0.1) is 5.82 Å². The average Bonchev–Trinajstić information content (AvgIpc) is 2.80. The zero-order valence-corrected chi connectivity index (χ0v) is 10.6. The van der Waals surface area contributed by atoms with Crippen LogP contribution in [0.15, 0.2) is 18.2 Å². The van der Waals surface area contributed by atoms with Crippen LogP contribution in [0.25, 0.3) is 0 Å². The first-order chi connectivity index (χ1) is 8.59. The van der Waals surface area contributed by atoms with E-state index < -0.39 is 17.8 Å². The molecule has 1 unspecified atom stereocenters. The molecule has 0 heterocycles. The van der Waals surface area contributed by atoms with Crippen molar-refractivity contribution in [3.63, 3.8) is 0 Å². The predicted molar refractivity (Wildman–Crippen MR) is 67.2 cm³/mol. The van der Waals surface area contributed by atoms with Gasteiger partial charge in [0.05, 0.1) is 0 Å². The fourth-order valence-electron chi connectivity index (χ4n) is 2.39. The van der Waals surface area contributed by atoms with Crippen LogP contribution < -0.4 is 5.32 Å². The first-order valence-electron chi connectivity index (χ1n) is 6.02. The Balaban J connectivity index is 2.26. The monoisotopic (exact) mass is 271 g/mol. The fraction of sp³-hybridized carbons (Fsp3) is 0.462. The Morgan fingerprint density at radius 3 is 2.67 bits per heavy atom. The minimum absolute atomic E-state index is 0.0265. The quantitative estimate of drug-likeness (QED) is 0.884. The molecule has 1 aliphatic rings. The highest BCUT2D eigenvalue weighted by molar-refractivity contribution is 6.31. The summed E-state index contributed by atoms with van der Waals surface area (Å²) in [5.41, 5.74) is 0.0265. The molecule has 1 aromatic carbocycles. The van der Waals surface area contributed by atoms with Crippen molar-refractivity contribution in [2.45, 2.75) is 37.8 Å². The van der Waals surface area contributed by atoms with Gasteiger partial charge in [-0.05, 0) is 25.0 Å². The van der Waals surface area contributed by atoms with Gasteiger partial charge in [-0.25, -0.2) is 4.39 Å². The number of benzene rings is 1. The molecule has 0 spiro atoms.